The molecule has 4 nitrogen and oxygen atoms in total. The third-order valence-electron chi connectivity index (χ3n) is 3.32. The highest BCUT2D eigenvalue weighted by Crippen LogP contribution is 2.24. The van der Waals surface area contributed by atoms with Gasteiger partial charge in [0.1, 0.15) is 0 Å². The first-order chi connectivity index (χ1) is 10.2. The second kappa shape index (κ2) is 5.69. The van der Waals surface area contributed by atoms with E-state index in [1.54, 1.807) is 0 Å². The molecule has 21 heavy (non-hydrogen) atoms. The number of carboxylic acids is 1. The van der Waals surface area contributed by atoms with E-state index in [9.17, 15) is 4.79 Å². The highest BCUT2D eigenvalue weighted by atomic mass is 32.1. The minimum absolute atomic E-state index is 0.0507. The zero-order valence-electron chi connectivity index (χ0n) is 11.7. The Bertz CT molecular complexity index is 740. The van der Waals surface area contributed by atoms with E-state index in [-0.39, 0.29) is 6.42 Å². The summed E-state index contributed by atoms with van der Waals surface area (Å²) in [6.45, 7) is 2.17. The fourth-order valence-corrected chi connectivity index (χ4v) is 3.30. The highest BCUT2D eigenvalue weighted by Gasteiger charge is 2.10. The van der Waals surface area contributed by atoms with Gasteiger partial charge in [-0.05, 0) is 12.0 Å². The maximum absolute atomic E-state index is 10.7. The molecule has 3 aromatic rings. The van der Waals surface area contributed by atoms with Crippen LogP contribution in [0.15, 0.2) is 36.7 Å². The molecule has 3 rings (SSSR count). The van der Waals surface area contributed by atoms with E-state index in [4.69, 9.17) is 5.11 Å². The van der Waals surface area contributed by atoms with Gasteiger partial charge in [-0.3, -0.25) is 9.20 Å². The predicted octanol–water partition coefficient (Wildman–Crippen LogP) is 3.64. The number of carbonyl (C=O) groups is 1. The average Bonchev–Trinajstić information content (AvgIpc) is 2.97. The summed E-state index contributed by atoms with van der Waals surface area (Å²) in [5, 5.41) is 8.81. The molecule has 0 saturated carbocycles. The van der Waals surface area contributed by atoms with Crippen LogP contribution >= 0.6 is 11.3 Å². The van der Waals surface area contributed by atoms with Gasteiger partial charge in [0.05, 0.1) is 12.1 Å². The first-order valence-electron chi connectivity index (χ1n) is 6.94. The van der Waals surface area contributed by atoms with E-state index < -0.39 is 5.97 Å². The maximum atomic E-state index is 10.7. The molecule has 0 aliphatic heterocycles. The number of imidazole rings is 1. The molecule has 0 fully saturated rings. The van der Waals surface area contributed by atoms with Crippen molar-refractivity contribution in [1.82, 2.24) is 9.38 Å². The third-order valence-corrected chi connectivity index (χ3v) is 4.31. The fraction of sp³-hybridized carbons (Fsp3) is 0.250. The van der Waals surface area contributed by atoms with Gasteiger partial charge in [-0.25, -0.2) is 4.98 Å². The molecule has 0 amide bonds. The van der Waals surface area contributed by atoms with Crippen LogP contribution in [-0.4, -0.2) is 20.5 Å². The van der Waals surface area contributed by atoms with Gasteiger partial charge in [-0.1, -0.05) is 37.6 Å². The molecule has 1 N–H and O–H groups in total. The number of rotatable bonds is 5. The number of nitrogens with zero attached hydrogens (tertiary/aromatic N) is 2. The number of hydrogen-bond acceptors (Lipinski definition) is 3. The van der Waals surface area contributed by atoms with Gasteiger partial charge in [0.15, 0.2) is 4.96 Å². The van der Waals surface area contributed by atoms with Crippen LogP contribution in [0.4, 0.5) is 0 Å². The van der Waals surface area contributed by atoms with Crippen LogP contribution in [-0.2, 0) is 17.6 Å². The highest BCUT2D eigenvalue weighted by molar-refractivity contribution is 7.17. The Morgan fingerprint density at radius 3 is 2.67 bits per heavy atom. The summed E-state index contributed by atoms with van der Waals surface area (Å²) in [5.41, 5.74) is 3.35. The summed E-state index contributed by atoms with van der Waals surface area (Å²) in [5.74, 6) is -0.814. The number of benzene rings is 1. The van der Waals surface area contributed by atoms with Gasteiger partial charge in [0.2, 0.25) is 0 Å². The second-order valence-electron chi connectivity index (χ2n) is 5.03. The molecule has 5 heteroatoms. The van der Waals surface area contributed by atoms with Crippen molar-refractivity contribution in [1.29, 1.82) is 0 Å². The normalized spacial score (nSPS) is 11.1. The summed E-state index contributed by atoms with van der Waals surface area (Å²) in [7, 11) is 0. The summed E-state index contributed by atoms with van der Waals surface area (Å²) >= 11 is 1.42. The van der Waals surface area contributed by atoms with Gasteiger partial charge in [-0.15, -0.1) is 11.3 Å². The first-order valence-corrected chi connectivity index (χ1v) is 7.76. The summed E-state index contributed by atoms with van der Waals surface area (Å²) in [4.78, 5) is 16.9. The van der Waals surface area contributed by atoms with Gasteiger partial charge in [0.25, 0.3) is 0 Å². The van der Waals surface area contributed by atoms with E-state index >= 15 is 0 Å². The van der Waals surface area contributed by atoms with Crippen LogP contribution in [0.2, 0.25) is 0 Å². The molecule has 0 radical (unpaired) electrons. The van der Waals surface area contributed by atoms with Crippen molar-refractivity contribution in [2.75, 3.05) is 0 Å². The summed E-state index contributed by atoms with van der Waals surface area (Å²) in [6.07, 6.45) is 6.08. The molecular weight excluding hydrogens is 284 g/mol. The second-order valence-corrected chi connectivity index (χ2v) is 6.12. The molecule has 0 atom stereocenters. The molecule has 2 aromatic heterocycles. The fourth-order valence-electron chi connectivity index (χ4n) is 2.34. The molecule has 0 aliphatic carbocycles. The zero-order valence-corrected chi connectivity index (χ0v) is 12.6. The predicted molar refractivity (Wildman–Crippen MR) is 83.8 cm³/mol. The van der Waals surface area contributed by atoms with E-state index in [1.165, 1.54) is 16.9 Å². The van der Waals surface area contributed by atoms with Crippen LogP contribution < -0.4 is 0 Å². The van der Waals surface area contributed by atoms with Gasteiger partial charge >= 0.3 is 5.97 Å². The number of aryl methyl sites for hydroxylation is 1. The monoisotopic (exact) mass is 300 g/mol. The Labute approximate surface area is 126 Å². The molecule has 0 aliphatic rings. The topological polar surface area (TPSA) is 54.6 Å². The van der Waals surface area contributed by atoms with Crippen molar-refractivity contribution in [3.05, 3.63) is 47.1 Å². The van der Waals surface area contributed by atoms with Gasteiger partial charge in [-0.2, -0.15) is 0 Å². The smallest absolute Gasteiger partial charge is 0.308 e. The Balaban J connectivity index is 1.86. The minimum atomic E-state index is -0.814. The number of thiazole rings is 1. The molecule has 108 valence electrons. The van der Waals surface area contributed by atoms with Crippen molar-refractivity contribution in [3.63, 3.8) is 0 Å². The first kappa shape index (κ1) is 13.8. The lowest BCUT2D eigenvalue weighted by Gasteiger charge is -2.00. The Hall–Kier alpha value is -2.14. The quantitative estimate of drug-likeness (QED) is 0.782. The molecule has 2 heterocycles. The Morgan fingerprint density at radius 1 is 1.29 bits per heavy atom. The number of hydrogen-bond donors (Lipinski definition) is 1. The number of fused-ring (bicyclic) bond motifs is 1. The van der Waals surface area contributed by atoms with Crippen LogP contribution in [0.25, 0.3) is 16.2 Å². The summed E-state index contributed by atoms with van der Waals surface area (Å²) in [6, 6.07) is 8.47. The van der Waals surface area contributed by atoms with Crippen molar-refractivity contribution in [2.45, 2.75) is 26.2 Å². The molecule has 0 unspecified atom stereocenters. The van der Waals surface area contributed by atoms with E-state index in [0.717, 1.165) is 33.9 Å². The van der Waals surface area contributed by atoms with Crippen LogP contribution in [0.5, 0.6) is 0 Å². The third kappa shape index (κ3) is 2.97. The van der Waals surface area contributed by atoms with E-state index in [1.807, 2.05) is 16.8 Å². The average molecular weight is 300 g/mol. The Kier molecular flexibility index (Phi) is 3.75. The molecule has 0 bridgehead atoms. The largest absolute Gasteiger partial charge is 0.481 e. The standard InChI is InChI=1S/C16H16N2O2S/c1-2-3-11-4-6-12(7-5-11)14-10-18-9-13(8-15(19)20)21-16(18)17-14/h4-7,9-10H,2-3,8H2,1H3,(H,19,20). The lowest BCUT2D eigenvalue weighted by molar-refractivity contribution is -0.136. The lowest BCUT2D eigenvalue weighted by atomic mass is 10.1. The van der Waals surface area contributed by atoms with Crippen molar-refractivity contribution >= 4 is 22.3 Å². The number of aliphatic carboxylic acids is 1. The zero-order chi connectivity index (χ0) is 14.8. The molecule has 0 spiro atoms. The molecular formula is C16H16N2O2S. The SMILES string of the molecule is CCCc1ccc(-c2cn3cc(CC(=O)O)sc3n2)cc1. The van der Waals surface area contributed by atoms with Crippen molar-refractivity contribution in [3.8, 4) is 11.3 Å². The van der Waals surface area contributed by atoms with E-state index in [0.29, 0.717) is 0 Å². The lowest BCUT2D eigenvalue weighted by Crippen LogP contribution is -1.97. The molecule has 0 saturated heterocycles. The number of aromatic nitrogens is 2. The van der Waals surface area contributed by atoms with Crippen LogP contribution in [0.1, 0.15) is 23.8 Å². The van der Waals surface area contributed by atoms with E-state index in [2.05, 4.69) is 36.2 Å². The number of carboxylic acid groups (broad SMARTS) is 1. The van der Waals surface area contributed by atoms with Crippen LogP contribution in [0.3, 0.4) is 0 Å². The van der Waals surface area contributed by atoms with Crippen molar-refractivity contribution in [2.24, 2.45) is 0 Å². The summed E-state index contributed by atoms with van der Waals surface area (Å²) < 4.78 is 1.90. The maximum Gasteiger partial charge on any atom is 0.308 e. The van der Waals surface area contributed by atoms with Gasteiger partial charge in [0, 0.05) is 22.8 Å². The Morgan fingerprint density at radius 2 is 2.05 bits per heavy atom. The van der Waals surface area contributed by atoms with Crippen LogP contribution in [0, 0.1) is 0 Å². The van der Waals surface area contributed by atoms with Gasteiger partial charge < -0.3 is 5.11 Å². The molecule has 1 aromatic carbocycles. The van der Waals surface area contributed by atoms with Crippen molar-refractivity contribution < 1.29 is 9.90 Å². The minimum Gasteiger partial charge on any atom is -0.481 e.